The number of Topliss-reactive ketones (excluding diaryl/α,β-unsaturated/α-hetero) is 1. The molecule has 0 aliphatic heterocycles. The maximum Gasteiger partial charge on any atom is 0.306 e. The monoisotopic (exact) mass is 349 g/mol. The van der Waals surface area contributed by atoms with Crippen molar-refractivity contribution in [2.45, 2.75) is 19.4 Å². The lowest BCUT2D eigenvalue weighted by atomic mass is 10.1. The van der Waals surface area contributed by atoms with Gasteiger partial charge in [-0.25, -0.2) is 4.39 Å². The third-order valence-electron chi connectivity index (χ3n) is 3.13. The highest BCUT2D eigenvalue weighted by Crippen LogP contribution is 2.08. The molecule has 7 heteroatoms. The molecule has 0 bridgehead atoms. The fraction of sp³-hybridized carbons (Fsp3) is 0.235. The Labute approximate surface area is 142 Å². The minimum Gasteiger partial charge on any atom is -0.456 e. The van der Waals surface area contributed by atoms with Crippen LogP contribution in [0.25, 0.3) is 0 Å². The van der Waals surface area contributed by atoms with Crippen LogP contribution in [-0.2, 0) is 20.9 Å². The summed E-state index contributed by atoms with van der Waals surface area (Å²) >= 11 is 1.52. The Balaban J connectivity index is 1.64. The Morgan fingerprint density at radius 2 is 1.83 bits per heavy atom. The van der Waals surface area contributed by atoms with Crippen LogP contribution in [0.15, 0.2) is 41.8 Å². The van der Waals surface area contributed by atoms with Gasteiger partial charge in [0, 0.05) is 16.9 Å². The van der Waals surface area contributed by atoms with Crippen LogP contribution in [0.4, 0.5) is 4.39 Å². The van der Waals surface area contributed by atoms with Crippen molar-refractivity contribution in [2.24, 2.45) is 0 Å². The average molecular weight is 349 g/mol. The van der Waals surface area contributed by atoms with E-state index in [9.17, 15) is 18.8 Å². The molecule has 0 aliphatic rings. The molecular weight excluding hydrogens is 333 g/mol. The third kappa shape index (κ3) is 5.92. The highest BCUT2D eigenvalue weighted by atomic mass is 32.1. The Bertz CT molecular complexity index is 698. The molecule has 0 saturated carbocycles. The Kier molecular flexibility index (Phi) is 6.62. The van der Waals surface area contributed by atoms with E-state index >= 15 is 0 Å². The highest BCUT2D eigenvalue weighted by Gasteiger charge is 2.12. The summed E-state index contributed by atoms with van der Waals surface area (Å²) in [5, 5.41) is 4.53. The molecule has 0 atom stereocenters. The molecule has 0 radical (unpaired) electrons. The number of amides is 1. The molecule has 24 heavy (non-hydrogen) atoms. The molecule has 1 N–H and O–H groups in total. The van der Waals surface area contributed by atoms with E-state index < -0.39 is 17.7 Å². The number of halogens is 1. The van der Waals surface area contributed by atoms with Gasteiger partial charge in [-0.05, 0) is 35.7 Å². The normalized spacial score (nSPS) is 10.2. The Morgan fingerprint density at radius 3 is 2.50 bits per heavy atom. The van der Waals surface area contributed by atoms with Gasteiger partial charge >= 0.3 is 5.97 Å². The highest BCUT2D eigenvalue weighted by molar-refractivity contribution is 7.09. The molecule has 1 amide bonds. The van der Waals surface area contributed by atoms with Crippen LogP contribution < -0.4 is 5.32 Å². The zero-order valence-corrected chi connectivity index (χ0v) is 13.6. The molecular formula is C17H16FNO4S. The number of esters is 1. The lowest BCUT2D eigenvalue weighted by Crippen LogP contribution is -2.28. The molecule has 0 unspecified atom stereocenters. The molecule has 1 aromatic carbocycles. The minimum absolute atomic E-state index is 0.0543. The van der Waals surface area contributed by atoms with Gasteiger partial charge in [-0.1, -0.05) is 6.07 Å². The Morgan fingerprint density at radius 1 is 1.08 bits per heavy atom. The SMILES string of the molecule is O=C(COC(=O)CCC(=O)c1ccc(F)cc1)NCc1cccs1. The lowest BCUT2D eigenvalue weighted by Gasteiger charge is -2.06. The predicted octanol–water partition coefficient (Wildman–Crippen LogP) is 2.71. The van der Waals surface area contributed by atoms with E-state index in [1.807, 2.05) is 17.5 Å². The van der Waals surface area contributed by atoms with Gasteiger partial charge in [0.1, 0.15) is 5.82 Å². The molecule has 1 heterocycles. The van der Waals surface area contributed by atoms with Gasteiger partial charge in [-0.15, -0.1) is 11.3 Å². The third-order valence-corrected chi connectivity index (χ3v) is 4.00. The molecule has 5 nitrogen and oxygen atoms in total. The summed E-state index contributed by atoms with van der Waals surface area (Å²) in [6.07, 6.45) is -0.185. The standard InChI is InChI=1S/C17H16FNO4S/c18-13-5-3-12(4-6-13)15(20)7-8-17(22)23-11-16(21)19-10-14-2-1-9-24-14/h1-6,9H,7-8,10-11H2,(H,19,21). The first-order chi connectivity index (χ1) is 11.5. The number of hydrogen-bond acceptors (Lipinski definition) is 5. The summed E-state index contributed by atoms with van der Waals surface area (Å²) in [6, 6.07) is 8.86. The summed E-state index contributed by atoms with van der Waals surface area (Å²) in [6.45, 7) is 0.00600. The van der Waals surface area contributed by atoms with Crippen LogP contribution in [0.1, 0.15) is 28.1 Å². The van der Waals surface area contributed by atoms with Gasteiger partial charge in [0.15, 0.2) is 12.4 Å². The Hall–Kier alpha value is -2.54. The minimum atomic E-state index is -0.628. The number of ketones is 1. The van der Waals surface area contributed by atoms with Crippen molar-refractivity contribution in [3.8, 4) is 0 Å². The van der Waals surface area contributed by atoms with E-state index in [2.05, 4.69) is 5.32 Å². The first-order valence-electron chi connectivity index (χ1n) is 7.28. The number of rotatable bonds is 8. The van der Waals surface area contributed by atoms with E-state index in [1.165, 1.54) is 35.6 Å². The number of carbonyl (C=O) groups excluding carboxylic acids is 3. The van der Waals surface area contributed by atoms with Crippen molar-refractivity contribution in [1.82, 2.24) is 5.32 Å². The molecule has 126 valence electrons. The van der Waals surface area contributed by atoms with Gasteiger partial charge in [-0.3, -0.25) is 14.4 Å². The van der Waals surface area contributed by atoms with Crippen molar-refractivity contribution < 1.29 is 23.5 Å². The van der Waals surface area contributed by atoms with Gasteiger partial charge in [0.25, 0.3) is 5.91 Å². The number of benzene rings is 1. The van der Waals surface area contributed by atoms with E-state index in [-0.39, 0.29) is 25.2 Å². The lowest BCUT2D eigenvalue weighted by molar-refractivity contribution is -0.148. The van der Waals surface area contributed by atoms with Crippen LogP contribution in [0.2, 0.25) is 0 Å². The summed E-state index contributed by atoms with van der Waals surface area (Å²) in [7, 11) is 0. The maximum absolute atomic E-state index is 12.8. The first kappa shape index (κ1) is 17.8. The van der Waals surface area contributed by atoms with E-state index in [4.69, 9.17) is 4.74 Å². The fourth-order valence-corrected chi connectivity index (χ4v) is 2.51. The number of nitrogens with one attached hydrogen (secondary N) is 1. The summed E-state index contributed by atoms with van der Waals surface area (Å²) in [5.74, 6) is -1.74. The van der Waals surface area contributed by atoms with E-state index in [0.717, 1.165) is 4.88 Å². The second-order valence-corrected chi connectivity index (χ2v) is 5.98. The summed E-state index contributed by atoms with van der Waals surface area (Å²) < 4.78 is 17.6. The van der Waals surface area contributed by atoms with Gasteiger partial charge in [-0.2, -0.15) is 0 Å². The smallest absolute Gasteiger partial charge is 0.306 e. The molecule has 2 rings (SSSR count). The summed E-state index contributed by atoms with van der Waals surface area (Å²) in [4.78, 5) is 35.9. The van der Waals surface area contributed by atoms with Gasteiger partial charge in [0.2, 0.25) is 0 Å². The number of thiophene rings is 1. The second-order valence-electron chi connectivity index (χ2n) is 4.95. The first-order valence-corrected chi connectivity index (χ1v) is 8.16. The summed E-state index contributed by atoms with van der Waals surface area (Å²) in [5.41, 5.74) is 0.331. The number of ether oxygens (including phenoxy) is 1. The molecule has 0 saturated heterocycles. The number of carbonyl (C=O) groups is 3. The van der Waals surface area contributed by atoms with Crippen molar-refractivity contribution in [2.75, 3.05) is 6.61 Å². The van der Waals surface area contributed by atoms with E-state index in [0.29, 0.717) is 12.1 Å². The topological polar surface area (TPSA) is 72.5 Å². The van der Waals surface area contributed by atoms with Crippen LogP contribution in [0, 0.1) is 5.82 Å². The fourth-order valence-electron chi connectivity index (χ4n) is 1.86. The molecule has 0 aliphatic carbocycles. The van der Waals surface area contributed by atoms with E-state index in [1.54, 1.807) is 0 Å². The van der Waals surface area contributed by atoms with Crippen LogP contribution in [0.3, 0.4) is 0 Å². The zero-order valence-electron chi connectivity index (χ0n) is 12.8. The van der Waals surface area contributed by atoms with Crippen molar-refractivity contribution in [1.29, 1.82) is 0 Å². The zero-order chi connectivity index (χ0) is 17.4. The van der Waals surface area contributed by atoms with Crippen molar-refractivity contribution in [3.05, 3.63) is 58.0 Å². The van der Waals surface area contributed by atoms with Gasteiger partial charge in [0.05, 0.1) is 13.0 Å². The van der Waals surface area contributed by atoms with Crippen LogP contribution >= 0.6 is 11.3 Å². The van der Waals surface area contributed by atoms with Crippen molar-refractivity contribution in [3.63, 3.8) is 0 Å². The quantitative estimate of drug-likeness (QED) is 0.587. The predicted molar refractivity (Wildman–Crippen MR) is 87.1 cm³/mol. The number of hydrogen-bond donors (Lipinski definition) is 1. The largest absolute Gasteiger partial charge is 0.456 e. The average Bonchev–Trinajstić information content (AvgIpc) is 3.10. The maximum atomic E-state index is 12.8. The van der Waals surface area contributed by atoms with Crippen LogP contribution in [-0.4, -0.2) is 24.3 Å². The van der Waals surface area contributed by atoms with Gasteiger partial charge < -0.3 is 10.1 Å². The van der Waals surface area contributed by atoms with Crippen molar-refractivity contribution >= 4 is 29.0 Å². The molecule has 0 spiro atoms. The molecule has 0 fully saturated rings. The molecule has 2 aromatic rings. The van der Waals surface area contributed by atoms with Crippen LogP contribution in [0.5, 0.6) is 0 Å². The molecule has 1 aromatic heterocycles. The second kappa shape index (κ2) is 8.93.